The van der Waals surface area contributed by atoms with Crippen molar-refractivity contribution in [3.8, 4) is 11.5 Å². The van der Waals surface area contributed by atoms with Gasteiger partial charge in [0, 0.05) is 43.6 Å². The minimum atomic E-state index is -0.00855. The molecule has 0 atom stereocenters. The summed E-state index contributed by atoms with van der Waals surface area (Å²) < 4.78 is 4.78. The van der Waals surface area contributed by atoms with E-state index in [0.717, 1.165) is 49.9 Å². The molecule has 0 saturated carbocycles. The molecule has 0 amide bonds. The van der Waals surface area contributed by atoms with Crippen molar-refractivity contribution in [1.29, 1.82) is 0 Å². The molecular weight excluding hydrogens is 643 g/mol. The van der Waals surface area contributed by atoms with E-state index in [9.17, 15) is 0 Å². The number of pyridine rings is 2. The summed E-state index contributed by atoms with van der Waals surface area (Å²) in [7, 11) is 0. The van der Waals surface area contributed by atoms with E-state index in [2.05, 4.69) is 197 Å². The van der Waals surface area contributed by atoms with E-state index < -0.39 is 0 Å². The summed E-state index contributed by atoms with van der Waals surface area (Å²) in [6.45, 7) is -0.00855. The Kier molecular flexibility index (Phi) is 6.61. The van der Waals surface area contributed by atoms with Gasteiger partial charge in [-0.25, -0.2) is 4.98 Å². The lowest BCUT2D eigenvalue weighted by molar-refractivity contribution is 1.10. The Hall–Kier alpha value is -6.98. The second-order valence-electron chi connectivity index (χ2n) is 13.8. The van der Waals surface area contributed by atoms with Crippen LogP contribution in [0.25, 0.3) is 76.9 Å². The predicted octanol–water partition coefficient (Wildman–Crippen LogP) is 9.49. The lowest BCUT2D eigenvalue weighted by Crippen LogP contribution is -2.53. The van der Waals surface area contributed by atoms with Gasteiger partial charge < -0.3 is 4.57 Å². The molecule has 0 bridgehead atoms. The average Bonchev–Trinajstić information content (AvgIpc) is 3.75. The Morgan fingerprint density at radius 1 is 0.358 bits per heavy atom. The average molecular weight is 675 g/mol. The van der Waals surface area contributed by atoms with Gasteiger partial charge in [0.05, 0.1) is 33.1 Å². The van der Waals surface area contributed by atoms with Crippen LogP contribution in [-0.2, 0) is 0 Å². The minimum absolute atomic E-state index is 0.00855. The first-order valence-electron chi connectivity index (χ1n) is 18.1. The molecule has 4 nitrogen and oxygen atoms in total. The monoisotopic (exact) mass is 674 g/mol. The van der Waals surface area contributed by atoms with Crippen molar-refractivity contribution in [2.24, 2.45) is 0 Å². The van der Waals surface area contributed by atoms with Crippen molar-refractivity contribution < 1.29 is 0 Å². The van der Waals surface area contributed by atoms with Crippen LogP contribution in [0.1, 0.15) is 0 Å². The maximum absolute atomic E-state index is 5.55. The lowest BCUT2D eigenvalue weighted by atomic mass is 9.38. The molecule has 0 aliphatic rings. The molecule has 0 saturated heterocycles. The molecule has 53 heavy (non-hydrogen) atoms. The molecule has 4 aromatic heterocycles. The summed E-state index contributed by atoms with van der Waals surface area (Å²) in [5, 5.41) is 6.97. The van der Waals surface area contributed by atoms with E-state index in [1.807, 2.05) is 0 Å². The molecule has 246 valence electrons. The fourth-order valence-electron chi connectivity index (χ4n) is 8.47. The van der Waals surface area contributed by atoms with Crippen LogP contribution < -0.4 is 16.5 Å². The number of nitrogens with zero attached hydrogens (tertiary/aromatic N) is 4. The van der Waals surface area contributed by atoms with E-state index in [1.165, 1.54) is 43.5 Å². The van der Waals surface area contributed by atoms with Gasteiger partial charge in [-0.2, -0.15) is 0 Å². The standard InChI is InChI=1S/C48H31BN4/c1-4-14-34(15-5-1)49(35-16-6-2-7-17-35)43-30-26-32-24-25-33-27-31-44(51-46(33)45(32)50-43)53-42-23-13-11-21-38(42)40-29-28-39-37-20-10-12-22-41(37)52(47(39)48(40)53)36-18-8-3-9-19-36/h1-31H. The molecule has 7 aromatic carbocycles. The van der Waals surface area contributed by atoms with Crippen LogP contribution in [0.4, 0.5) is 0 Å². The zero-order valence-corrected chi connectivity index (χ0v) is 28.8. The molecular formula is C48H31BN4. The first kappa shape index (κ1) is 29.7. The molecule has 0 radical (unpaired) electrons. The Morgan fingerprint density at radius 2 is 0.830 bits per heavy atom. The normalized spacial score (nSPS) is 11.8. The van der Waals surface area contributed by atoms with Gasteiger partial charge in [0.25, 0.3) is 6.71 Å². The Balaban J connectivity index is 1.22. The maximum atomic E-state index is 5.55. The summed E-state index contributed by atoms with van der Waals surface area (Å²) in [5.74, 6) is 0.864. The fraction of sp³-hybridized carbons (Fsp3) is 0. The van der Waals surface area contributed by atoms with Gasteiger partial charge in [0.2, 0.25) is 0 Å². The van der Waals surface area contributed by atoms with Crippen molar-refractivity contribution in [2.45, 2.75) is 0 Å². The van der Waals surface area contributed by atoms with E-state index >= 15 is 0 Å². The quantitative estimate of drug-likeness (QED) is 0.135. The molecule has 0 unspecified atom stereocenters. The highest BCUT2D eigenvalue weighted by Gasteiger charge is 2.25. The lowest BCUT2D eigenvalue weighted by Gasteiger charge is -2.16. The van der Waals surface area contributed by atoms with Crippen molar-refractivity contribution in [1.82, 2.24) is 19.1 Å². The second-order valence-corrected chi connectivity index (χ2v) is 13.8. The third-order valence-electron chi connectivity index (χ3n) is 10.8. The van der Waals surface area contributed by atoms with Crippen LogP contribution in [0.15, 0.2) is 188 Å². The summed E-state index contributed by atoms with van der Waals surface area (Å²) >= 11 is 0. The van der Waals surface area contributed by atoms with Crippen LogP contribution in [0.5, 0.6) is 0 Å². The summed E-state index contributed by atoms with van der Waals surface area (Å²) in [6.07, 6.45) is 0. The zero-order chi connectivity index (χ0) is 34.9. The number of fused-ring (bicyclic) bond motifs is 10. The number of benzene rings is 7. The van der Waals surface area contributed by atoms with Crippen LogP contribution >= 0.6 is 0 Å². The van der Waals surface area contributed by atoms with Crippen LogP contribution in [0.2, 0.25) is 0 Å². The van der Waals surface area contributed by atoms with Crippen LogP contribution in [0, 0.1) is 0 Å². The highest BCUT2D eigenvalue weighted by atomic mass is 15.1. The molecule has 0 spiro atoms. The number of hydrogen-bond donors (Lipinski definition) is 0. The summed E-state index contributed by atoms with van der Waals surface area (Å²) in [5.41, 5.74) is 10.9. The van der Waals surface area contributed by atoms with Gasteiger partial charge in [0.15, 0.2) is 0 Å². The fourth-order valence-corrected chi connectivity index (χ4v) is 8.47. The van der Waals surface area contributed by atoms with Crippen LogP contribution in [-0.4, -0.2) is 25.8 Å². The molecule has 0 N–H and O–H groups in total. The molecule has 0 aliphatic heterocycles. The van der Waals surface area contributed by atoms with Crippen molar-refractivity contribution in [3.05, 3.63) is 188 Å². The molecule has 4 heterocycles. The number of hydrogen-bond acceptors (Lipinski definition) is 2. The number of aromatic nitrogens is 4. The minimum Gasteiger partial charge on any atom is -0.307 e. The van der Waals surface area contributed by atoms with Crippen molar-refractivity contribution in [2.75, 3.05) is 0 Å². The molecule has 0 aliphatic carbocycles. The third-order valence-corrected chi connectivity index (χ3v) is 10.8. The Labute approximate surface area is 306 Å². The van der Waals surface area contributed by atoms with Gasteiger partial charge in [-0.3, -0.25) is 9.55 Å². The highest BCUT2D eigenvalue weighted by Crippen LogP contribution is 2.41. The smallest absolute Gasteiger partial charge is 0.265 e. The van der Waals surface area contributed by atoms with Gasteiger partial charge in [0.1, 0.15) is 5.82 Å². The number of para-hydroxylation sites is 3. The van der Waals surface area contributed by atoms with Crippen molar-refractivity contribution >= 4 is 88.6 Å². The van der Waals surface area contributed by atoms with Gasteiger partial charge in [-0.05, 0) is 42.5 Å². The van der Waals surface area contributed by atoms with Crippen molar-refractivity contribution in [3.63, 3.8) is 0 Å². The third kappa shape index (κ3) is 4.57. The molecule has 11 rings (SSSR count). The Bertz CT molecular complexity index is 3130. The van der Waals surface area contributed by atoms with E-state index in [0.29, 0.717) is 0 Å². The highest BCUT2D eigenvalue weighted by molar-refractivity contribution is 6.95. The zero-order valence-electron chi connectivity index (χ0n) is 28.8. The number of rotatable bonds is 5. The van der Waals surface area contributed by atoms with Gasteiger partial charge in [-0.1, -0.05) is 157 Å². The summed E-state index contributed by atoms with van der Waals surface area (Å²) in [4.78, 5) is 11.0. The summed E-state index contributed by atoms with van der Waals surface area (Å²) in [6, 6.07) is 67.1. The first-order chi connectivity index (χ1) is 26.3. The predicted molar refractivity (Wildman–Crippen MR) is 223 cm³/mol. The SMILES string of the molecule is c1ccc(B(c2ccccc2)c2ccc3ccc4ccc(-n5c6ccccc6c6ccc7c8ccccc8n(-c8ccccc8)c7c65)nc4c3n2)cc1. The Morgan fingerprint density at radius 3 is 1.45 bits per heavy atom. The van der Waals surface area contributed by atoms with E-state index in [4.69, 9.17) is 9.97 Å². The molecule has 5 heteroatoms. The second kappa shape index (κ2) is 11.8. The first-order valence-corrected chi connectivity index (χ1v) is 18.1. The van der Waals surface area contributed by atoms with Gasteiger partial charge >= 0.3 is 0 Å². The largest absolute Gasteiger partial charge is 0.307 e. The molecule has 0 fully saturated rings. The van der Waals surface area contributed by atoms with E-state index in [1.54, 1.807) is 0 Å². The maximum Gasteiger partial charge on any atom is 0.265 e. The topological polar surface area (TPSA) is 35.6 Å². The van der Waals surface area contributed by atoms with E-state index in [-0.39, 0.29) is 6.71 Å². The van der Waals surface area contributed by atoms with Crippen LogP contribution in [0.3, 0.4) is 0 Å². The molecule has 11 aromatic rings. The van der Waals surface area contributed by atoms with Gasteiger partial charge in [-0.15, -0.1) is 0 Å².